The van der Waals surface area contributed by atoms with Gasteiger partial charge in [-0.15, -0.1) is 0 Å². The van der Waals surface area contributed by atoms with Gasteiger partial charge in [0.05, 0.1) is 4.92 Å². The lowest BCUT2D eigenvalue weighted by Crippen LogP contribution is -2.49. The molecule has 0 radical (unpaired) electrons. The lowest BCUT2D eigenvalue weighted by atomic mass is 10.1. The summed E-state index contributed by atoms with van der Waals surface area (Å²) in [5.74, 6) is 0.252. The molecular formula is C19H18F3N7O4. The number of hydrogen-bond donors (Lipinski definition) is 0. The second kappa shape index (κ2) is 8.52. The average molecular weight is 465 g/mol. The summed E-state index contributed by atoms with van der Waals surface area (Å²) in [7, 11) is 0. The van der Waals surface area contributed by atoms with Crippen LogP contribution < -0.4 is 9.64 Å². The molecule has 0 N–H and O–H groups in total. The number of nitro groups is 1. The lowest BCUT2D eigenvalue weighted by Gasteiger charge is -2.35. The van der Waals surface area contributed by atoms with E-state index in [0.29, 0.717) is 18.9 Å². The van der Waals surface area contributed by atoms with Crippen LogP contribution in [0.15, 0.2) is 30.6 Å². The largest absolute Gasteiger partial charge is 0.484 e. The highest BCUT2D eigenvalue weighted by molar-refractivity contribution is 5.98. The van der Waals surface area contributed by atoms with Crippen LogP contribution in [0.1, 0.15) is 16.1 Å². The minimum absolute atomic E-state index is 0.237. The number of benzene rings is 1. The molecule has 1 amide bonds. The highest BCUT2D eigenvalue weighted by Crippen LogP contribution is 2.28. The van der Waals surface area contributed by atoms with Crippen LogP contribution in [0.2, 0.25) is 0 Å². The van der Waals surface area contributed by atoms with Crippen LogP contribution in [0.4, 0.5) is 24.7 Å². The van der Waals surface area contributed by atoms with E-state index < -0.39 is 29.3 Å². The predicted molar refractivity (Wildman–Crippen MR) is 108 cm³/mol. The number of hydrogen-bond acceptors (Lipinski definition) is 8. The molecule has 4 rings (SSSR count). The first-order valence-electron chi connectivity index (χ1n) is 9.82. The molecule has 1 aliphatic heterocycles. The van der Waals surface area contributed by atoms with Crippen LogP contribution in [0.3, 0.4) is 0 Å². The summed E-state index contributed by atoms with van der Waals surface area (Å²) in [5, 5.41) is 15.6. The minimum atomic E-state index is -4.58. The van der Waals surface area contributed by atoms with E-state index in [1.165, 1.54) is 11.2 Å². The molecule has 174 valence electrons. The van der Waals surface area contributed by atoms with Crippen molar-refractivity contribution >= 4 is 23.2 Å². The Hall–Kier alpha value is -3.97. The quantitative estimate of drug-likeness (QED) is 0.416. The molecule has 1 aromatic carbocycles. The van der Waals surface area contributed by atoms with E-state index in [-0.39, 0.29) is 24.4 Å². The highest BCUT2D eigenvalue weighted by atomic mass is 19.4. The summed E-state index contributed by atoms with van der Waals surface area (Å²) >= 11 is 0. The molecule has 0 unspecified atom stereocenters. The standard InChI is InChI=1S/C19H18F3N7O4/c1-12-8-16(28-18(25-12)23-11-24-28)26-4-6-27(7-5-26)17(30)14-9-13(33-10-19(20,21)22)2-3-15(14)29(31)32/h2-3,8-9,11H,4-7,10H2,1H3. The van der Waals surface area contributed by atoms with Crippen LogP contribution in [-0.2, 0) is 0 Å². The van der Waals surface area contributed by atoms with Crippen LogP contribution in [-0.4, -0.2) is 74.3 Å². The van der Waals surface area contributed by atoms with Crippen molar-refractivity contribution in [3.05, 3.63) is 52.0 Å². The molecule has 3 aromatic rings. The third-order valence-electron chi connectivity index (χ3n) is 5.05. The Bertz CT molecular complexity index is 1210. The SMILES string of the molecule is Cc1cc(N2CCN(C(=O)c3cc(OCC(F)(F)F)ccc3[N+](=O)[O-])CC2)n2ncnc2n1. The minimum Gasteiger partial charge on any atom is -0.484 e. The second-order valence-corrected chi connectivity index (χ2v) is 7.35. The normalized spacial score (nSPS) is 14.5. The number of alkyl halides is 3. The number of anilines is 1. The maximum atomic E-state index is 13.0. The zero-order chi connectivity index (χ0) is 23.8. The fourth-order valence-electron chi connectivity index (χ4n) is 3.55. The van der Waals surface area contributed by atoms with Crippen LogP contribution in [0.25, 0.3) is 5.78 Å². The van der Waals surface area contributed by atoms with Gasteiger partial charge in [0.2, 0.25) is 0 Å². The van der Waals surface area contributed by atoms with E-state index in [0.717, 1.165) is 29.7 Å². The molecule has 3 heterocycles. The maximum absolute atomic E-state index is 13.0. The Labute approximate surface area is 184 Å². The third-order valence-corrected chi connectivity index (χ3v) is 5.05. The molecule has 1 saturated heterocycles. The molecule has 0 aliphatic carbocycles. The van der Waals surface area contributed by atoms with Gasteiger partial charge in [0.1, 0.15) is 23.5 Å². The van der Waals surface area contributed by atoms with Gasteiger partial charge in [-0.25, -0.2) is 4.98 Å². The van der Waals surface area contributed by atoms with E-state index >= 15 is 0 Å². The number of nitrogens with zero attached hydrogens (tertiary/aromatic N) is 7. The van der Waals surface area contributed by atoms with E-state index in [1.54, 1.807) is 4.52 Å². The van der Waals surface area contributed by atoms with Gasteiger partial charge in [-0.1, -0.05) is 0 Å². The van der Waals surface area contributed by atoms with Crippen LogP contribution in [0.5, 0.6) is 5.75 Å². The Morgan fingerprint density at radius 1 is 1.21 bits per heavy atom. The molecule has 11 nitrogen and oxygen atoms in total. The van der Waals surface area contributed by atoms with Gasteiger partial charge in [-0.05, 0) is 19.1 Å². The van der Waals surface area contributed by atoms with Gasteiger partial charge >= 0.3 is 6.18 Å². The number of halogens is 3. The highest BCUT2D eigenvalue weighted by Gasteiger charge is 2.31. The Balaban J connectivity index is 1.52. The van der Waals surface area contributed by atoms with Gasteiger partial charge < -0.3 is 14.5 Å². The fourth-order valence-corrected chi connectivity index (χ4v) is 3.55. The third kappa shape index (κ3) is 4.78. The van der Waals surface area contributed by atoms with Crippen molar-refractivity contribution in [1.82, 2.24) is 24.5 Å². The molecule has 33 heavy (non-hydrogen) atoms. The van der Waals surface area contributed by atoms with E-state index in [4.69, 9.17) is 0 Å². The monoisotopic (exact) mass is 465 g/mol. The van der Waals surface area contributed by atoms with Crippen molar-refractivity contribution in [3.63, 3.8) is 0 Å². The van der Waals surface area contributed by atoms with Crippen molar-refractivity contribution < 1.29 is 27.6 Å². The molecule has 0 atom stereocenters. The van der Waals surface area contributed by atoms with Gasteiger partial charge in [0, 0.05) is 44.0 Å². The Morgan fingerprint density at radius 3 is 2.61 bits per heavy atom. The van der Waals surface area contributed by atoms with Crippen LogP contribution in [0, 0.1) is 17.0 Å². The molecule has 14 heteroatoms. The first kappa shape index (κ1) is 22.2. The number of aromatic nitrogens is 4. The number of nitro benzene ring substituents is 1. The molecule has 1 fully saturated rings. The van der Waals surface area contributed by atoms with Crippen molar-refractivity contribution in [1.29, 1.82) is 0 Å². The zero-order valence-electron chi connectivity index (χ0n) is 17.3. The summed E-state index contributed by atoms with van der Waals surface area (Å²) in [6.45, 7) is 1.54. The molecular weight excluding hydrogens is 447 g/mol. The van der Waals surface area contributed by atoms with E-state index in [2.05, 4.69) is 19.8 Å². The summed E-state index contributed by atoms with van der Waals surface area (Å²) in [4.78, 5) is 35.4. The molecule has 2 aromatic heterocycles. The van der Waals surface area contributed by atoms with Gasteiger partial charge in [-0.3, -0.25) is 14.9 Å². The molecule has 1 aliphatic rings. The Kier molecular flexibility index (Phi) is 5.74. The second-order valence-electron chi connectivity index (χ2n) is 7.35. The smallest absolute Gasteiger partial charge is 0.422 e. The number of fused-ring (bicyclic) bond motifs is 1. The molecule has 0 bridgehead atoms. The van der Waals surface area contributed by atoms with Crippen LogP contribution >= 0.6 is 0 Å². The number of carbonyl (C=O) groups is 1. The van der Waals surface area contributed by atoms with Crippen molar-refractivity contribution in [2.45, 2.75) is 13.1 Å². The molecule has 0 spiro atoms. The predicted octanol–water partition coefficient (Wildman–Crippen LogP) is 2.24. The fraction of sp³-hybridized carbons (Fsp3) is 0.368. The lowest BCUT2D eigenvalue weighted by molar-refractivity contribution is -0.385. The number of carbonyl (C=O) groups excluding carboxylic acids is 1. The number of amides is 1. The average Bonchev–Trinajstić information content (AvgIpc) is 3.24. The van der Waals surface area contributed by atoms with E-state index in [9.17, 15) is 28.1 Å². The zero-order valence-corrected chi connectivity index (χ0v) is 17.3. The summed E-state index contributed by atoms with van der Waals surface area (Å²) in [5.41, 5.74) is -0.0854. The van der Waals surface area contributed by atoms with Gasteiger partial charge in [0.15, 0.2) is 6.61 Å². The van der Waals surface area contributed by atoms with Crippen molar-refractivity contribution in [3.8, 4) is 5.75 Å². The first-order valence-corrected chi connectivity index (χ1v) is 9.82. The van der Waals surface area contributed by atoms with E-state index in [1.807, 2.05) is 17.9 Å². The number of rotatable bonds is 5. The van der Waals surface area contributed by atoms with Gasteiger partial charge in [-0.2, -0.15) is 27.8 Å². The number of aryl methyl sites for hydroxylation is 1. The Morgan fingerprint density at radius 2 is 1.94 bits per heavy atom. The molecule has 0 saturated carbocycles. The topological polar surface area (TPSA) is 119 Å². The summed E-state index contributed by atoms with van der Waals surface area (Å²) < 4.78 is 43.6. The maximum Gasteiger partial charge on any atom is 0.422 e. The first-order chi connectivity index (χ1) is 15.6. The van der Waals surface area contributed by atoms with Crippen molar-refractivity contribution in [2.75, 3.05) is 37.7 Å². The van der Waals surface area contributed by atoms with Crippen molar-refractivity contribution in [2.24, 2.45) is 0 Å². The summed E-state index contributed by atoms with van der Waals surface area (Å²) in [6, 6.07) is 4.82. The number of ether oxygens (including phenoxy) is 1. The van der Waals surface area contributed by atoms with Gasteiger partial charge in [0.25, 0.3) is 17.4 Å². The summed E-state index contributed by atoms with van der Waals surface area (Å²) in [6.07, 6.45) is -3.19. The number of piperazine rings is 1.